The van der Waals surface area contributed by atoms with Gasteiger partial charge in [0.25, 0.3) is 0 Å². The predicted molar refractivity (Wildman–Crippen MR) is 116 cm³/mol. The van der Waals surface area contributed by atoms with E-state index in [1.54, 1.807) is 0 Å². The van der Waals surface area contributed by atoms with Gasteiger partial charge in [-0.3, -0.25) is 0 Å². The maximum absolute atomic E-state index is 15.1. The molecule has 2 saturated heterocycles. The molecule has 1 aromatic carbocycles. The van der Waals surface area contributed by atoms with Crippen LogP contribution < -0.4 is 4.90 Å². The summed E-state index contributed by atoms with van der Waals surface area (Å²) in [5.41, 5.74) is 1.30. The lowest BCUT2D eigenvalue weighted by Gasteiger charge is -2.47. The highest BCUT2D eigenvalue weighted by Crippen LogP contribution is 2.39. The van der Waals surface area contributed by atoms with Gasteiger partial charge in [0, 0.05) is 31.7 Å². The summed E-state index contributed by atoms with van der Waals surface area (Å²) in [6, 6.07) is 5.60. The Morgan fingerprint density at radius 1 is 1.21 bits per heavy atom. The Bertz CT molecular complexity index is 736. The lowest BCUT2D eigenvalue weighted by atomic mass is 9.79. The third kappa shape index (κ3) is 4.77. The smallest absolute Gasteiger partial charge is 0.407 e. The molecule has 5 nitrogen and oxygen atoms in total. The molecule has 162 valence electrons. The number of halogens is 1. The van der Waals surface area contributed by atoms with E-state index in [0.717, 1.165) is 25.9 Å². The van der Waals surface area contributed by atoms with Gasteiger partial charge in [0.05, 0.1) is 12.3 Å². The number of benzene rings is 1. The minimum atomic E-state index is -1.92. The number of hydrogen-bond donors (Lipinski definition) is 1. The maximum atomic E-state index is 15.1. The Hall–Kier alpha value is -1.60. The standard InChI is InChI=1S/C22H35FN2O3Si/c1-22(2,3)29(4,5)28-15-17-7-6-8-19(20(17)23)25-13-18(14-25)16-9-11-24(12-10-16)21(26)27/h6-8,16,18H,9-15H2,1-5H3,(H,26,27). The Balaban J connectivity index is 1.57. The Labute approximate surface area is 175 Å². The van der Waals surface area contributed by atoms with Crippen LogP contribution in [0.4, 0.5) is 14.9 Å². The van der Waals surface area contributed by atoms with Gasteiger partial charge in [0.15, 0.2) is 14.1 Å². The number of carbonyl (C=O) groups is 1. The van der Waals surface area contributed by atoms with Crippen molar-refractivity contribution in [1.29, 1.82) is 0 Å². The topological polar surface area (TPSA) is 53.0 Å². The van der Waals surface area contributed by atoms with E-state index in [9.17, 15) is 4.79 Å². The molecule has 1 amide bonds. The molecule has 29 heavy (non-hydrogen) atoms. The van der Waals surface area contributed by atoms with Crippen molar-refractivity contribution in [2.75, 3.05) is 31.1 Å². The molecule has 0 bridgehead atoms. The molecule has 2 aliphatic rings. The van der Waals surface area contributed by atoms with Crippen LogP contribution in [0, 0.1) is 17.7 Å². The molecule has 1 aromatic rings. The van der Waals surface area contributed by atoms with Gasteiger partial charge in [-0.2, -0.15) is 0 Å². The molecule has 0 saturated carbocycles. The zero-order valence-electron chi connectivity index (χ0n) is 18.4. The number of rotatable bonds is 5. The van der Waals surface area contributed by atoms with Crippen LogP contribution in [0.2, 0.25) is 18.1 Å². The zero-order valence-corrected chi connectivity index (χ0v) is 19.4. The normalized spacial score (nSPS) is 19.4. The number of amides is 1. The first-order valence-electron chi connectivity index (χ1n) is 10.6. The van der Waals surface area contributed by atoms with Gasteiger partial charge in [0.1, 0.15) is 0 Å². The molecule has 2 heterocycles. The van der Waals surface area contributed by atoms with Gasteiger partial charge < -0.3 is 19.3 Å². The molecule has 2 fully saturated rings. The van der Waals surface area contributed by atoms with E-state index < -0.39 is 14.4 Å². The average Bonchev–Trinajstić information content (AvgIpc) is 2.60. The van der Waals surface area contributed by atoms with Crippen molar-refractivity contribution in [3.63, 3.8) is 0 Å². The Morgan fingerprint density at radius 3 is 2.38 bits per heavy atom. The summed E-state index contributed by atoms with van der Waals surface area (Å²) < 4.78 is 21.4. The van der Waals surface area contributed by atoms with E-state index in [1.165, 1.54) is 4.90 Å². The first-order chi connectivity index (χ1) is 13.5. The first-order valence-corrected chi connectivity index (χ1v) is 13.5. The lowest BCUT2D eigenvalue weighted by molar-refractivity contribution is 0.106. The summed E-state index contributed by atoms with van der Waals surface area (Å²) >= 11 is 0. The SMILES string of the molecule is CC(C)(C)[Si](C)(C)OCc1cccc(N2CC(C3CCN(C(=O)O)CC3)C2)c1F. The van der Waals surface area contributed by atoms with Crippen LogP contribution in [0.5, 0.6) is 0 Å². The summed E-state index contributed by atoms with van der Waals surface area (Å²) in [5, 5.41) is 9.19. The largest absolute Gasteiger partial charge is 0.465 e. The predicted octanol–water partition coefficient (Wildman–Crippen LogP) is 5.17. The van der Waals surface area contributed by atoms with Crippen molar-refractivity contribution in [2.45, 2.75) is 58.4 Å². The van der Waals surface area contributed by atoms with Crippen molar-refractivity contribution in [2.24, 2.45) is 11.8 Å². The van der Waals surface area contributed by atoms with Crippen LogP contribution in [0.3, 0.4) is 0 Å². The van der Waals surface area contributed by atoms with E-state index in [-0.39, 0.29) is 10.9 Å². The van der Waals surface area contributed by atoms with Gasteiger partial charge in [-0.05, 0) is 48.9 Å². The fourth-order valence-corrected chi connectivity index (χ4v) is 4.92. The number of anilines is 1. The fraction of sp³-hybridized carbons (Fsp3) is 0.682. The second kappa shape index (κ2) is 8.26. The van der Waals surface area contributed by atoms with E-state index in [2.05, 4.69) is 38.8 Å². The third-order valence-corrected chi connectivity index (χ3v) is 11.7. The summed E-state index contributed by atoms with van der Waals surface area (Å²) in [4.78, 5) is 14.7. The molecular formula is C22H35FN2O3Si. The highest BCUT2D eigenvalue weighted by Gasteiger charge is 2.38. The van der Waals surface area contributed by atoms with Crippen LogP contribution in [-0.2, 0) is 11.0 Å². The minimum Gasteiger partial charge on any atom is -0.465 e. The number of likely N-dealkylation sites (tertiary alicyclic amines) is 1. The number of carboxylic acid groups (broad SMARTS) is 1. The Kier molecular flexibility index (Phi) is 6.29. The molecule has 0 spiro atoms. The Morgan fingerprint density at radius 2 is 1.83 bits per heavy atom. The van der Waals surface area contributed by atoms with Crippen LogP contribution in [-0.4, -0.2) is 50.6 Å². The van der Waals surface area contributed by atoms with Crippen LogP contribution in [0.1, 0.15) is 39.2 Å². The molecule has 0 atom stereocenters. The van der Waals surface area contributed by atoms with Crippen molar-refractivity contribution in [3.8, 4) is 0 Å². The summed E-state index contributed by atoms with van der Waals surface area (Å²) in [5.74, 6) is 0.901. The van der Waals surface area contributed by atoms with E-state index in [1.807, 2.05) is 18.2 Å². The van der Waals surface area contributed by atoms with E-state index >= 15 is 4.39 Å². The van der Waals surface area contributed by atoms with Gasteiger partial charge in [0.2, 0.25) is 0 Å². The quantitative estimate of drug-likeness (QED) is 0.665. The van der Waals surface area contributed by atoms with Crippen molar-refractivity contribution in [3.05, 3.63) is 29.6 Å². The summed E-state index contributed by atoms with van der Waals surface area (Å²) in [6.45, 7) is 14.2. The second-order valence-electron chi connectivity index (χ2n) is 10.1. The number of hydrogen-bond acceptors (Lipinski definition) is 3. The van der Waals surface area contributed by atoms with Gasteiger partial charge in [-0.25, -0.2) is 9.18 Å². The minimum absolute atomic E-state index is 0.0992. The summed E-state index contributed by atoms with van der Waals surface area (Å²) in [6.07, 6.45) is 0.999. The van der Waals surface area contributed by atoms with Gasteiger partial charge in [-0.1, -0.05) is 32.9 Å². The highest BCUT2D eigenvalue weighted by molar-refractivity contribution is 6.74. The number of nitrogens with zero attached hydrogens (tertiary/aromatic N) is 2. The summed E-state index contributed by atoms with van der Waals surface area (Å²) in [7, 11) is -1.92. The zero-order chi connectivity index (χ0) is 21.4. The van der Waals surface area contributed by atoms with Crippen molar-refractivity contribution >= 4 is 20.1 Å². The van der Waals surface area contributed by atoms with E-state index in [0.29, 0.717) is 42.8 Å². The molecular weight excluding hydrogens is 387 g/mol. The second-order valence-corrected chi connectivity index (χ2v) is 14.9. The molecule has 7 heteroatoms. The third-order valence-electron chi connectivity index (χ3n) is 7.18. The van der Waals surface area contributed by atoms with Crippen LogP contribution in [0.25, 0.3) is 0 Å². The number of piperidine rings is 1. The molecule has 2 aliphatic heterocycles. The lowest BCUT2D eigenvalue weighted by Crippen LogP contribution is -2.52. The molecule has 0 aliphatic carbocycles. The van der Waals surface area contributed by atoms with Crippen LogP contribution >= 0.6 is 0 Å². The monoisotopic (exact) mass is 422 g/mol. The molecule has 0 aromatic heterocycles. The molecule has 3 rings (SSSR count). The van der Waals surface area contributed by atoms with Crippen molar-refractivity contribution < 1.29 is 18.7 Å². The highest BCUT2D eigenvalue weighted by atomic mass is 28.4. The molecule has 1 N–H and O–H groups in total. The van der Waals surface area contributed by atoms with Gasteiger partial charge >= 0.3 is 6.09 Å². The maximum Gasteiger partial charge on any atom is 0.407 e. The average molecular weight is 423 g/mol. The van der Waals surface area contributed by atoms with Gasteiger partial charge in [-0.15, -0.1) is 0 Å². The van der Waals surface area contributed by atoms with Crippen LogP contribution in [0.15, 0.2) is 18.2 Å². The first kappa shape index (κ1) is 22.1. The molecule has 0 unspecified atom stereocenters. The molecule has 0 radical (unpaired) electrons. The van der Waals surface area contributed by atoms with Crippen molar-refractivity contribution in [1.82, 2.24) is 4.90 Å². The fourth-order valence-electron chi connectivity index (χ4n) is 3.97. The van der Waals surface area contributed by atoms with E-state index in [4.69, 9.17) is 9.53 Å².